The van der Waals surface area contributed by atoms with Crippen molar-refractivity contribution in [2.45, 2.75) is 69.0 Å². The van der Waals surface area contributed by atoms with Gasteiger partial charge in [0, 0.05) is 19.8 Å². The van der Waals surface area contributed by atoms with E-state index in [2.05, 4.69) is 13.3 Å². The van der Waals surface area contributed by atoms with Crippen molar-refractivity contribution in [2.75, 3.05) is 19.8 Å². The molecule has 0 aromatic carbocycles. The van der Waals surface area contributed by atoms with Crippen molar-refractivity contribution in [1.82, 2.24) is 0 Å². The van der Waals surface area contributed by atoms with E-state index in [-0.39, 0.29) is 0 Å². The molecule has 0 N–H and O–H groups in total. The minimum atomic E-state index is -7.87. The van der Waals surface area contributed by atoms with Crippen LogP contribution in [0.25, 0.3) is 0 Å². The van der Waals surface area contributed by atoms with Crippen LogP contribution in [0.5, 0.6) is 0 Å². The van der Waals surface area contributed by atoms with Crippen LogP contribution in [0.4, 0.5) is 57.1 Å². The van der Waals surface area contributed by atoms with E-state index in [1.54, 1.807) is 0 Å². The molecule has 0 bridgehead atoms. The van der Waals surface area contributed by atoms with E-state index >= 15 is 0 Å². The molecule has 0 spiro atoms. The number of alkyl halides is 13. The van der Waals surface area contributed by atoms with Crippen molar-refractivity contribution in [3.8, 4) is 0 Å². The zero-order valence-corrected chi connectivity index (χ0v) is 17.3. The zero-order valence-electron chi connectivity index (χ0n) is 16.3. The van der Waals surface area contributed by atoms with Crippen molar-refractivity contribution in [2.24, 2.45) is 0 Å². The van der Waals surface area contributed by atoms with Gasteiger partial charge in [-0.15, -0.1) is 0 Å². The SMILES string of the molecule is CCO[Si](OCC)(OCC)C(F)(F)C(F)(F)C(F)(F)C(F)(F)C(F)(F)C(F)(F)C(C)F. The summed E-state index contributed by atoms with van der Waals surface area (Å²) in [6, 6.07) is 0. The molecule has 3 nitrogen and oxygen atoms in total. The van der Waals surface area contributed by atoms with Crippen LogP contribution in [0.1, 0.15) is 27.7 Å². The molecule has 0 aromatic heterocycles. The average molecular weight is 510 g/mol. The fraction of sp³-hybridized carbons (Fsp3) is 1.00. The van der Waals surface area contributed by atoms with Crippen LogP contribution < -0.4 is 0 Å². The van der Waals surface area contributed by atoms with E-state index in [4.69, 9.17) is 0 Å². The molecule has 31 heavy (non-hydrogen) atoms. The molecule has 1 unspecified atom stereocenters. The first-order valence-electron chi connectivity index (χ1n) is 8.45. The van der Waals surface area contributed by atoms with Crippen molar-refractivity contribution < 1.29 is 70.4 Å². The number of halogens is 13. The summed E-state index contributed by atoms with van der Waals surface area (Å²) in [4.78, 5) is 0. The van der Waals surface area contributed by atoms with Gasteiger partial charge in [-0.3, -0.25) is 0 Å². The Bertz CT molecular complexity index is 581. The summed E-state index contributed by atoms with van der Waals surface area (Å²) in [5, 5.41) is 0. The van der Waals surface area contributed by atoms with Crippen LogP contribution in [-0.2, 0) is 13.3 Å². The minimum Gasteiger partial charge on any atom is -0.370 e. The largest absolute Gasteiger partial charge is 0.582 e. The van der Waals surface area contributed by atoms with Gasteiger partial charge in [-0.1, -0.05) is 0 Å². The number of rotatable bonds is 13. The maximum atomic E-state index is 14.6. The van der Waals surface area contributed by atoms with Gasteiger partial charge in [0.15, 0.2) is 6.17 Å². The highest BCUT2D eigenvalue weighted by Crippen LogP contribution is 2.62. The standard InChI is InChI=1S/C14H19F13O3Si/c1-5-28-31(29-6-2,30-7-3)14(26,27)13(24,25)12(22,23)11(20,21)10(18,19)9(16,17)8(4)15/h8H,5-7H2,1-4H3. The maximum Gasteiger partial charge on any atom is 0.582 e. The van der Waals surface area contributed by atoms with Gasteiger partial charge < -0.3 is 13.3 Å². The Balaban J connectivity index is 6.85. The van der Waals surface area contributed by atoms with Gasteiger partial charge in [0.25, 0.3) is 0 Å². The molecule has 0 amide bonds. The Morgan fingerprint density at radius 3 is 1.13 bits per heavy atom. The summed E-state index contributed by atoms with van der Waals surface area (Å²) >= 11 is 0. The fourth-order valence-corrected chi connectivity index (χ4v) is 4.69. The Hall–Kier alpha value is -0.813. The van der Waals surface area contributed by atoms with Crippen molar-refractivity contribution >= 4 is 8.80 Å². The van der Waals surface area contributed by atoms with Crippen LogP contribution in [0.2, 0.25) is 0 Å². The highest BCUT2D eigenvalue weighted by molar-refractivity contribution is 6.63. The Morgan fingerprint density at radius 2 is 0.871 bits per heavy atom. The lowest BCUT2D eigenvalue weighted by Crippen LogP contribution is -2.77. The van der Waals surface area contributed by atoms with Gasteiger partial charge in [-0.05, 0) is 27.7 Å². The molecular weight excluding hydrogens is 491 g/mol. The fourth-order valence-electron chi connectivity index (χ4n) is 2.21. The van der Waals surface area contributed by atoms with Crippen LogP contribution >= 0.6 is 0 Å². The molecule has 0 rings (SSSR count). The quantitative estimate of drug-likeness (QED) is 0.234. The summed E-state index contributed by atoms with van der Waals surface area (Å²) < 4.78 is 192. The predicted molar refractivity (Wildman–Crippen MR) is 80.9 cm³/mol. The summed E-state index contributed by atoms with van der Waals surface area (Å²) in [5.74, 6) is -37.4. The molecule has 0 fully saturated rings. The molecular formula is C14H19F13O3Si. The molecule has 0 aliphatic carbocycles. The lowest BCUT2D eigenvalue weighted by Gasteiger charge is -2.44. The third-order valence-electron chi connectivity index (χ3n) is 3.88. The van der Waals surface area contributed by atoms with E-state index < -0.39 is 76.9 Å². The topological polar surface area (TPSA) is 27.7 Å². The van der Waals surface area contributed by atoms with E-state index in [1.165, 1.54) is 0 Å². The molecule has 0 radical (unpaired) electrons. The first-order chi connectivity index (χ1) is 13.6. The van der Waals surface area contributed by atoms with E-state index in [1.807, 2.05) is 0 Å². The monoisotopic (exact) mass is 510 g/mol. The lowest BCUT2D eigenvalue weighted by molar-refractivity contribution is -0.424. The van der Waals surface area contributed by atoms with E-state index in [0.717, 1.165) is 20.8 Å². The average Bonchev–Trinajstić information content (AvgIpc) is 2.61. The molecule has 0 aliphatic rings. The smallest absolute Gasteiger partial charge is 0.370 e. The lowest BCUT2D eigenvalue weighted by atomic mass is 9.92. The molecule has 1 atom stereocenters. The second kappa shape index (κ2) is 9.21. The van der Waals surface area contributed by atoms with Gasteiger partial charge >= 0.3 is 44.0 Å². The number of hydrogen-bond acceptors (Lipinski definition) is 3. The molecule has 0 heterocycles. The van der Waals surface area contributed by atoms with Crippen LogP contribution in [0, 0.1) is 0 Å². The van der Waals surface area contributed by atoms with Crippen molar-refractivity contribution in [3.05, 3.63) is 0 Å². The molecule has 188 valence electrons. The Kier molecular flexibility index (Phi) is 8.97. The maximum absolute atomic E-state index is 14.6. The highest BCUT2D eigenvalue weighted by Gasteiger charge is 2.94. The first-order valence-corrected chi connectivity index (χ1v) is 10.2. The van der Waals surface area contributed by atoms with Crippen LogP contribution in [0.15, 0.2) is 0 Å². The molecule has 0 aliphatic heterocycles. The van der Waals surface area contributed by atoms with Crippen LogP contribution in [0.3, 0.4) is 0 Å². The van der Waals surface area contributed by atoms with Gasteiger partial charge in [0.1, 0.15) is 0 Å². The number of hydrogen-bond donors (Lipinski definition) is 0. The first kappa shape index (κ1) is 30.2. The van der Waals surface area contributed by atoms with Crippen LogP contribution in [-0.4, -0.2) is 70.0 Å². The van der Waals surface area contributed by atoms with E-state index in [9.17, 15) is 57.1 Å². The summed E-state index contributed by atoms with van der Waals surface area (Å²) in [5.41, 5.74) is -6.53. The second-order valence-electron chi connectivity index (χ2n) is 5.97. The van der Waals surface area contributed by atoms with Gasteiger partial charge in [-0.2, -0.15) is 52.7 Å². The Morgan fingerprint density at radius 1 is 0.581 bits per heavy atom. The van der Waals surface area contributed by atoms with Crippen molar-refractivity contribution in [3.63, 3.8) is 0 Å². The highest BCUT2D eigenvalue weighted by atomic mass is 28.4. The molecule has 17 heteroatoms. The third-order valence-corrected chi connectivity index (χ3v) is 6.97. The molecule has 0 saturated carbocycles. The van der Waals surface area contributed by atoms with Gasteiger partial charge in [0.05, 0.1) is 0 Å². The minimum absolute atomic E-state index is 0.452. The van der Waals surface area contributed by atoms with Crippen molar-refractivity contribution in [1.29, 1.82) is 0 Å². The van der Waals surface area contributed by atoms with Gasteiger partial charge in [0.2, 0.25) is 0 Å². The van der Waals surface area contributed by atoms with E-state index in [0.29, 0.717) is 0 Å². The van der Waals surface area contributed by atoms with Gasteiger partial charge in [-0.25, -0.2) is 4.39 Å². The normalized spacial score (nSPS) is 16.5. The zero-order chi connectivity index (χ0) is 25.3. The molecule has 0 saturated heterocycles. The predicted octanol–water partition coefficient (Wildman–Crippen LogP) is 5.74. The third kappa shape index (κ3) is 4.26. The summed E-state index contributed by atoms with van der Waals surface area (Å²) in [6.07, 6.45) is -4.25. The summed E-state index contributed by atoms with van der Waals surface area (Å²) in [6.45, 7) is -0.727. The second-order valence-corrected chi connectivity index (χ2v) is 8.57. The summed E-state index contributed by atoms with van der Waals surface area (Å²) in [7, 11) is -6.38. The molecule has 0 aromatic rings. The Labute approximate surface area is 169 Å².